The number of nitrogens with one attached hydrogen (secondary N) is 2. The van der Waals surface area contributed by atoms with Crippen molar-refractivity contribution in [2.24, 2.45) is 0 Å². The molecule has 0 bridgehead atoms. The van der Waals surface area contributed by atoms with Gasteiger partial charge in [0.05, 0.1) is 14.2 Å². The summed E-state index contributed by atoms with van der Waals surface area (Å²) in [6.45, 7) is 0.597. The van der Waals surface area contributed by atoms with E-state index >= 15 is 0 Å². The molecule has 3 aromatic rings. The average Bonchev–Trinajstić information content (AvgIpc) is 2.71. The summed E-state index contributed by atoms with van der Waals surface area (Å²) >= 11 is 0. The maximum Gasteiger partial charge on any atom is 0.160 e. The van der Waals surface area contributed by atoms with E-state index in [1.807, 2.05) is 18.2 Å². The Labute approximate surface area is 161 Å². The number of halogens is 2. The molecule has 0 aliphatic heterocycles. The number of anilines is 3. The maximum atomic E-state index is 13.8. The van der Waals surface area contributed by atoms with Crippen LogP contribution in [-0.2, 0) is 6.42 Å². The van der Waals surface area contributed by atoms with Crippen LogP contribution in [0.4, 0.5) is 26.1 Å². The molecule has 146 valence electrons. The molecule has 0 aliphatic carbocycles. The van der Waals surface area contributed by atoms with Crippen molar-refractivity contribution in [3.05, 3.63) is 66.0 Å². The monoisotopic (exact) mass is 386 g/mol. The number of rotatable bonds is 8. The standard InChI is InChI=1S/C20H20F2N4O2/c1-27-16-7-6-13(10-17(16)28-2)8-9-23-18-11-19(25-12-24-18)26-20-14(21)4-3-5-15(20)22/h3-7,10-12H,8-9H2,1-2H3,(H2,23,24,25,26). The highest BCUT2D eigenvalue weighted by molar-refractivity contribution is 5.60. The van der Waals surface area contributed by atoms with Gasteiger partial charge >= 0.3 is 0 Å². The van der Waals surface area contributed by atoms with Crippen molar-refractivity contribution >= 4 is 17.3 Å². The molecule has 1 heterocycles. The zero-order chi connectivity index (χ0) is 19.9. The van der Waals surface area contributed by atoms with Gasteiger partial charge in [-0.1, -0.05) is 12.1 Å². The second kappa shape index (κ2) is 8.98. The van der Waals surface area contributed by atoms with Gasteiger partial charge in [0.25, 0.3) is 0 Å². The van der Waals surface area contributed by atoms with Crippen molar-refractivity contribution in [2.45, 2.75) is 6.42 Å². The van der Waals surface area contributed by atoms with Crippen molar-refractivity contribution < 1.29 is 18.3 Å². The van der Waals surface area contributed by atoms with Gasteiger partial charge in [0.15, 0.2) is 11.5 Å². The van der Waals surface area contributed by atoms with Crippen LogP contribution in [0.25, 0.3) is 0 Å². The lowest BCUT2D eigenvalue weighted by atomic mass is 10.1. The van der Waals surface area contributed by atoms with Gasteiger partial charge in [-0.3, -0.25) is 0 Å². The van der Waals surface area contributed by atoms with E-state index in [9.17, 15) is 8.78 Å². The van der Waals surface area contributed by atoms with Crippen molar-refractivity contribution in [3.8, 4) is 11.5 Å². The molecule has 6 nitrogen and oxygen atoms in total. The summed E-state index contributed by atoms with van der Waals surface area (Å²) in [5.41, 5.74) is 0.809. The van der Waals surface area contributed by atoms with E-state index in [2.05, 4.69) is 20.6 Å². The highest BCUT2D eigenvalue weighted by Crippen LogP contribution is 2.27. The number of hydrogen-bond donors (Lipinski definition) is 2. The molecule has 0 unspecified atom stereocenters. The minimum Gasteiger partial charge on any atom is -0.493 e. The van der Waals surface area contributed by atoms with E-state index in [1.165, 1.54) is 24.5 Å². The van der Waals surface area contributed by atoms with Gasteiger partial charge in [-0.05, 0) is 36.2 Å². The fourth-order valence-corrected chi connectivity index (χ4v) is 2.64. The van der Waals surface area contributed by atoms with E-state index in [1.54, 1.807) is 20.3 Å². The zero-order valence-corrected chi connectivity index (χ0v) is 15.5. The highest BCUT2D eigenvalue weighted by Gasteiger charge is 2.10. The zero-order valence-electron chi connectivity index (χ0n) is 15.5. The van der Waals surface area contributed by atoms with E-state index in [-0.39, 0.29) is 11.5 Å². The predicted octanol–water partition coefficient (Wildman–Crippen LogP) is 4.17. The summed E-state index contributed by atoms with van der Waals surface area (Å²) in [6.07, 6.45) is 2.04. The van der Waals surface area contributed by atoms with E-state index in [0.717, 1.165) is 12.0 Å². The number of para-hydroxylation sites is 1. The van der Waals surface area contributed by atoms with Crippen LogP contribution < -0.4 is 20.1 Å². The molecule has 3 rings (SSSR count). The van der Waals surface area contributed by atoms with Crippen LogP contribution in [-0.4, -0.2) is 30.7 Å². The SMILES string of the molecule is COc1ccc(CCNc2cc(Nc3c(F)cccc3F)ncn2)cc1OC. The minimum absolute atomic E-state index is 0.252. The smallest absolute Gasteiger partial charge is 0.160 e. The first-order valence-electron chi connectivity index (χ1n) is 8.58. The number of hydrogen-bond acceptors (Lipinski definition) is 6. The Morgan fingerprint density at radius 2 is 1.61 bits per heavy atom. The summed E-state index contributed by atoms with van der Waals surface area (Å²) in [6, 6.07) is 11.0. The van der Waals surface area contributed by atoms with Crippen LogP contribution in [0.5, 0.6) is 11.5 Å². The van der Waals surface area contributed by atoms with Gasteiger partial charge in [-0.25, -0.2) is 18.7 Å². The van der Waals surface area contributed by atoms with E-state index in [4.69, 9.17) is 9.47 Å². The summed E-state index contributed by atoms with van der Waals surface area (Å²) in [5, 5.41) is 5.81. The molecule has 0 saturated heterocycles. The van der Waals surface area contributed by atoms with Gasteiger partial charge in [0.1, 0.15) is 35.3 Å². The third-order valence-electron chi connectivity index (χ3n) is 4.05. The lowest BCUT2D eigenvalue weighted by Gasteiger charge is -2.11. The van der Waals surface area contributed by atoms with Gasteiger partial charge in [-0.15, -0.1) is 0 Å². The molecule has 2 N–H and O–H groups in total. The first-order valence-corrected chi connectivity index (χ1v) is 8.58. The molecule has 0 fully saturated rings. The topological polar surface area (TPSA) is 68.3 Å². The second-order valence-corrected chi connectivity index (χ2v) is 5.88. The Morgan fingerprint density at radius 1 is 0.893 bits per heavy atom. The molecule has 0 radical (unpaired) electrons. The van der Waals surface area contributed by atoms with Gasteiger partial charge < -0.3 is 20.1 Å². The van der Waals surface area contributed by atoms with Crippen LogP contribution in [0.1, 0.15) is 5.56 Å². The molecule has 1 aromatic heterocycles. The number of benzene rings is 2. The molecule has 28 heavy (non-hydrogen) atoms. The maximum absolute atomic E-state index is 13.8. The number of aromatic nitrogens is 2. The molecule has 8 heteroatoms. The summed E-state index contributed by atoms with van der Waals surface area (Å²) in [4.78, 5) is 8.12. The van der Waals surface area contributed by atoms with Crippen LogP contribution in [0.15, 0.2) is 48.8 Å². The molecule has 0 amide bonds. The normalized spacial score (nSPS) is 10.4. The summed E-state index contributed by atoms with van der Waals surface area (Å²) in [7, 11) is 3.18. The van der Waals surface area contributed by atoms with E-state index in [0.29, 0.717) is 23.9 Å². The summed E-state index contributed by atoms with van der Waals surface area (Å²) < 4.78 is 38.0. The Morgan fingerprint density at radius 3 is 2.32 bits per heavy atom. The fourth-order valence-electron chi connectivity index (χ4n) is 2.64. The summed E-state index contributed by atoms with van der Waals surface area (Å²) in [5.74, 6) is 0.775. The second-order valence-electron chi connectivity index (χ2n) is 5.88. The molecule has 0 aliphatic rings. The van der Waals surface area contributed by atoms with Crippen molar-refractivity contribution in [3.63, 3.8) is 0 Å². The van der Waals surface area contributed by atoms with Gasteiger partial charge in [-0.2, -0.15) is 0 Å². The lowest BCUT2D eigenvalue weighted by Crippen LogP contribution is -2.08. The van der Waals surface area contributed by atoms with Gasteiger partial charge in [0.2, 0.25) is 0 Å². The predicted molar refractivity (Wildman–Crippen MR) is 103 cm³/mol. The third-order valence-corrected chi connectivity index (χ3v) is 4.05. The Hall–Kier alpha value is -3.42. The number of methoxy groups -OCH3 is 2. The molecule has 2 aromatic carbocycles. The highest BCUT2D eigenvalue weighted by atomic mass is 19.1. The molecular weight excluding hydrogens is 366 g/mol. The number of ether oxygens (including phenoxy) is 2. The lowest BCUT2D eigenvalue weighted by molar-refractivity contribution is 0.354. The average molecular weight is 386 g/mol. The fraction of sp³-hybridized carbons (Fsp3) is 0.200. The van der Waals surface area contributed by atoms with Crippen molar-refractivity contribution in [2.75, 3.05) is 31.4 Å². The quantitative estimate of drug-likeness (QED) is 0.606. The van der Waals surface area contributed by atoms with Crippen LogP contribution >= 0.6 is 0 Å². The Balaban J connectivity index is 1.62. The van der Waals surface area contributed by atoms with E-state index < -0.39 is 11.6 Å². The molecule has 0 saturated carbocycles. The van der Waals surface area contributed by atoms with Gasteiger partial charge in [0, 0.05) is 12.6 Å². The molecular formula is C20H20F2N4O2. The Bertz CT molecular complexity index is 933. The van der Waals surface area contributed by atoms with Crippen LogP contribution in [0.2, 0.25) is 0 Å². The molecule has 0 spiro atoms. The number of nitrogens with zero attached hydrogens (tertiary/aromatic N) is 2. The minimum atomic E-state index is -0.693. The Kier molecular flexibility index (Phi) is 6.21. The first kappa shape index (κ1) is 19.3. The first-order chi connectivity index (χ1) is 13.6. The third kappa shape index (κ3) is 4.64. The molecule has 0 atom stereocenters. The van der Waals surface area contributed by atoms with Crippen LogP contribution in [0.3, 0.4) is 0 Å². The van der Waals surface area contributed by atoms with Crippen molar-refractivity contribution in [1.82, 2.24) is 9.97 Å². The largest absolute Gasteiger partial charge is 0.493 e. The van der Waals surface area contributed by atoms with Crippen molar-refractivity contribution in [1.29, 1.82) is 0 Å². The van der Waals surface area contributed by atoms with Crippen LogP contribution in [0, 0.1) is 11.6 Å².